The lowest BCUT2D eigenvalue weighted by molar-refractivity contribution is -0.143. The third-order valence-corrected chi connectivity index (χ3v) is 6.70. The topological polar surface area (TPSA) is 58.6 Å². The fraction of sp³-hybridized carbons (Fsp3) is 0.310. The molecule has 0 spiro atoms. The summed E-state index contributed by atoms with van der Waals surface area (Å²) in [6.45, 7) is 5.89. The monoisotopic (exact) mass is 526 g/mol. The predicted molar refractivity (Wildman–Crippen MR) is 146 cm³/mol. The summed E-state index contributed by atoms with van der Waals surface area (Å²) in [5, 5.41) is 3.87. The number of ether oxygens (including phenoxy) is 1. The molecule has 0 saturated carbocycles. The van der Waals surface area contributed by atoms with Crippen molar-refractivity contribution in [3.63, 3.8) is 0 Å². The second-order valence-corrected chi connectivity index (χ2v) is 9.71. The zero-order valence-electron chi connectivity index (χ0n) is 20.8. The number of hydrogen-bond donors (Lipinski definition) is 1. The lowest BCUT2D eigenvalue weighted by atomic mass is 10.0. The van der Waals surface area contributed by atoms with Gasteiger partial charge in [-0.25, -0.2) is 0 Å². The summed E-state index contributed by atoms with van der Waals surface area (Å²) in [6, 6.07) is 21.6. The number of rotatable bonds is 11. The number of carbonyl (C=O) groups is 2. The van der Waals surface area contributed by atoms with Gasteiger partial charge in [-0.15, -0.1) is 0 Å². The second kappa shape index (κ2) is 13.3. The summed E-state index contributed by atoms with van der Waals surface area (Å²) in [7, 11) is 0. The number of nitrogens with one attached hydrogen (secondary N) is 1. The van der Waals surface area contributed by atoms with Crippen molar-refractivity contribution in [2.24, 2.45) is 0 Å². The van der Waals surface area contributed by atoms with E-state index in [1.807, 2.05) is 75.4 Å². The number of amides is 2. The normalized spacial score (nSPS) is 12.5. The van der Waals surface area contributed by atoms with Crippen LogP contribution in [0.1, 0.15) is 37.0 Å². The van der Waals surface area contributed by atoms with Crippen molar-refractivity contribution in [2.75, 3.05) is 6.61 Å². The van der Waals surface area contributed by atoms with Crippen LogP contribution in [0.2, 0.25) is 10.0 Å². The highest BCUT2D eigenvalue weighted by Crippen LogP contribution is 2.24. The maximum atomic E-state index is 13.6. The van der Waals surface area contributed by atoms with Crippen LogP contribution < -0.4 is 10.1 Å². The van der Waals surface area contributed by atoms with E-state index in [2.05, 4.69) is 5.32 Å². The van der Waals surface area contributed by atoms with Crippen LogP contribution in [0, 0.1) is 6.92 Å². The molecule has 0 radical (unpaired) electrons. The molecular formula is C29H32Cl2N2O3. The molecule has 0 heterocycles. The van der Waals surface area contributed by atoms with Gasteiger partial charge in [-0.05, 0) is 61.2 Å². The van der Waals surface area contributed by atoms with Gasteiger partial charge in [0.25, 0.3) is 5.91 Å². The van der Waals surface area contributed by atoms with Crippen molar-refractivity contribution in [1.29, 1.82) is 0 Å². The first-order valence-electron chi connectivity index (χ1n) is 12.0. The van der Waals surface area contributed by atoms with Crippen molar-refractivity contribution >= 4 is 35.0 Å². The van der Waals surface area contributed by atoms with Crippen LogP contribution in [-0.4, -0.2) is 35.4 Å². The summed E-state index contributed by atoms with van der Waals surface area (Å²) in [5.41, 5.74) is 2.75. The largest absolute Gasteiger partial charge is 0.484 e. The molecule has 190 valence electrons. The molecular weight excluding hydrogens is 495 g/mol. The minimum absolute atomic E-state index is 0.0266. The van der Waals surface area contributed by atoms with E-state index in [0.717, 1.165) is 23.1 Å². The molecule has 2 atom stereocenters. The van der Waals surface area contributed by atoms with Crippen LogP contribution in [0.4, 0.5) is 0 Å². The van der Waals surface area contributed by atoms with Gasteiger partial charge in [-0.2, -0.15) is 0 Å². The lowest BCUT2D eigenvalue weighted by Gasteiger charge is -2.32. The Kier molecular flexibility index (Phi) is 10.2. The Bertz CT molecular complexity index is 1170. The highest BCUT2D eigenvalue weighted by molar-refractivity contribution is 6.42. The van der Waals surface area contributed by atoms with Crippen molar-refractivity contribution in [3.05, 3.63) is 99.5 Å². The molecule has 0 saturated heterocycles. The minimum atomic E-state index is -0.746. The summed E-state index contributed by atoms with van der Waals surface area (Å²) < 4.78 is 5.82. The molecule has 7 heteroatoms. The van der Waals surface area contributed by atoms with Gasteiger partial charge in [0.15, 0.2) is 6.61 Å². The molecule has 0 bridgehead atoms. The van der Waals surface area contributed by atoms with Gasteiger partial charge in [0, 0.05) is 19.0 Å². The van der Waals surface area contributed by atoms with E-state index < -0.39 is 6.04 Å². The van der Waals surface area contributed by atoms with E-state index in [4.69, 9.17) is 27.9 Å². The van der Waals surface area contributed by atoms with E-state index in [1.165, 1.54) is 0 Å². The van der Waals surface area contributed by atoms with Gasteiger partial charge in [0.2, 0.25) is 5.91 Å². The number of halogens is 2. The Labute approximate surface area is 223 Å². The molecule has 1 N–H and O–H groups in total. The van der Waals surface area contributed by atoms with E-state index in [0.29, 0.717) is 22.2 Å². The molecule has 0 aromatic heterocycles. The Balaban J connectivity index is 1.93. The van der Waals surface area contributed by atoms with Gasteiger partial charge in [0.05, 0.1) is 10.0 Å². The van der Waals surface area contributed by atoms with Crippen LogP contribution in [0.25, 0.3) is 0 Å². The van der Waals surface area contributed by atoms with Crippen molar-refractivity contribution in [3.8, 4) is 5.75 Å². The van der Waals surface area contributed by atoms with Crippen LogP contribution >= 0.6 is 23.2 Å². The molecule has 0 fully saturated rings. The summed E-state index contributed by atoms with van der Waals surface area (Å²) in [4.78, 5) is 28.7. The highest BCUT2D eigenvalue weighted by Gasteiger charge is 2.31. The second-order valence-electron chi connectivity index (χ2n) is 8.90. The van der Waals surface area contributed by atoms with Gasteiger partial charge in [-0.3, -0.25) is 9.59 Å². The number of nitrogens with zero attached hydrogens (tertiary/aromatic N) is 1. The van der Waals surface area contributed by atoms with Gasteiger partial charge < -0.3 is 15.0 Å². The molecule has 3 aromatic carbocycles. The lowest BCUT2D eigenvalue weighted by Crippen LogP contribution is -2.53. The number of carbonyl (C=O) groups excluding carboxylic acids is 2. The fourth-order valence-electron chi connectivity index (χ4n) is 3.76. The maximum Gasteiger partial charge on any atom is 0.261 e. The first kappa shape index (κ1) is 27.6. The summed E-state index contributed by atoms with van der Waals surface area (Å²) >= 11 is 12.4. The standard InChI is InChI=1S/C29H32Cl2N2O3/c1-4-21(3)32-29(35)27(17-22-10-6-5-7-11-22)33(18-23-13-14-25(30)26(31)16-23)28(34)19-36-24-12-8-9-20(2)15-24/h5-16,21,27H,4,17-19H2,1-3H3,(H,32,35)/t21-,27+/m0/s1. The average molecular weight is 527 g/mol. The van der Waals surface area contributed by atoms with Crippen molar-refractivity contribution in [2.45, 2.75) is 52.2 Å². The SMILES string of the molecule is CC[C@H](C)NC(=O)[C@@H](Cc1ccccc1)N(Cc1ccc(Cl)c(Cl)c1)C(=O)COc1cccc(C)c1. The first-order valence-corrected chi connectivity index (χ1v) is 12.8. The molecule has 0 aliphatic heterocycles. The molecule has 0 aliphatic rings. The fourth-order valence-corrected chi connectivity index (χ4v) is 4.08. The zero-order chi connectivity index (χ0) is 26.1. The Morgan fingerprint density at radius 3 is 2.36 bits per heavy atom. The van der Waals surface area contributed by atoms with E-state index in [9.17, 15) is 9.59 Å². The number of hydrogen-bond acceptors (Lipinski definition) is 3. The van der Waals surface area contributed by atoms with E-state index >= 15 is 0 Å². The summed E-state index contributed by atoms with van der Waals surface area (Å²) in [6.07, 6.45) is 1.14. The Hall–Kier alpha value is -3.02. The molecule has 36 heavy (non-hydrogen) atoms. The number of aryl methyl sites for hydroxylation is 1. The van der Waals surface area contributed by atoms with E-state index in [1.54, 1.807) is 23.1 Å². The van der Waals surface area contributed by atoms with E-state index in [-0.39, 0.29) is 31.0 Å². The predicted octanol–water partition coefficient (Wildman–Crippen LogP) is 6.24. The van der Waals surface area contributed by atoms with Crippen LogP contribution in [0.5, 0.6) is 5.75 Å². The quantitative estimate of drug-likeness (QED) is 0.322. The smallest absolute Gasteiger partial charge is 0.261 e. The molecule has 2 amide bonds. The number of benzene rings is 3. The Morgan fingerprint density at radius 2 is 1.69 bits per heavy atom. The molecule has 3 aromatic rings. The first-order chi connectivity index (χ1) is 17.3. The maximum absolute atomic E-state index is 13.6. The van der Waals surface area contributed by atoms with Crippen LogP contribution in [0.3, 0.4) is 0 Å². The molecule has 5 nitrogen and oxygen atoms in total. The van der Waals surface area contributed by atoms with Gasteiger partial charge in [0.1, 0.15) is 11.8 Å². The molecule has 0 aliphatic carbocycles. The third-order valence-electron chi connectivity index (χ3n) is 5.96. The van der Waals surface area contributed by atoms with Crippen LogP contribution in [0.15, 0.2) is 72.8 Å². The highest BCUT2D eigenvalue weighted by atomic mass is 35.5. The third kappa shape index (κ3) is 8.00. The molecule has 3 rings (SSSR count). The van der Waals surface area contributed by atoms with Crippen LogP contribution in [-0.2, 0) is 22.6 Å². The van der Waals surface area contributed by atoms with Gasteiger partial charge >= 0.3 is 0 Å². The van der Waals surface area contributed by atoms with Crippen molar-refractivity contribution < 1.29 is 14.3 Å². The minimum Gasteiger partial charge on any atom is -0.484 e. The molecule has 0 unspecified atom stereocenters. The zero-order valence-corrected chi connectivity index (χ0v) is 22.4. The average Bonchev–Trinajstić information content (AvgIpc) is 2.87. The van der Waals surface area contributed by atoms with Crippen molar-refractivity contribution in [1.82, 2.24) is 10.2 Å². The Morgan fingerprint density at radius 1 is 0.944 bits per heavy atom. The van der Waals surface area contributed by atoms with Gasteiger partial charge in [-0.1, -0.05) is 78.7 Å². The summed E-state index contributed by atoms with van der Waals surface area (Å²) in [5.74, 6) is 0.0847.